The van der Waals surface area contributed by atoms with Crippen molar-refractivity contribution in [3.05, 3.63) is 52.3 Å². The second kappa shape index (κ2) is 11.6. The number of para-hydroxylation sites is 1. The molecule has 8 nitrogen and oxygen atoms in total. The van der Waals surface area contributed by atoms with Crippen LogP contribution in [-0.2, 0) is 9.53 Å². The minimum absolute atomic E-state index is 0.0280. The Hall–Kier alpha value is -3.38. The van der Waals surface area contributed by atoms with E-state index < -0.39 is 35.8 Å². The van der Waals surface area contributed by atoms with Crippen LogP contribution in [0, 0.1) is 12.7 Å². The van der Waals surface area contributed by atoms with Crippen molar-refractivity contribution in [3.63, 3.8) is 0 Å². The van der Waals surface area contributed by atoms with Crippen LogP contribution in [0.25, 0.3) is 0 Å². The van der Waals surface area contributed by atoms with Crippen LogP contribution in [0.3, 0.4) is 0 Å². The first kappa shape index (κ1) is 27.2. The molecule has 0 bridgehead atoms. The van der Waals surface area contributed by atoms with Crippen LogP contribution in [0.5, 0.6) is 5.75 Å². The predicted molar refractivity (Wildman–Crippen MR) is 126 cm³/mol. The fourth-order valence-electron chi connectivity index (χ4n) is 3.36. The summed E-state index contributed by atoms with van der Waals surface area (Å²) in [5.41, 5.74) is 0.0429. The lowest BCUT2D eigenvalue weighted by Crippen LogP contribution is -2.34. The first-order valence-electron chi connectivity index (χ1n) is 10.7. The average Bonchev–Trinajstić information content (AvgIpc) is 3.04. The van der Waals surface area contributed by atoms with Crippen molar-refractivity contribution in [2.75, 3.05) is 43.7 Å². The highest BCUT2D eigenvalue weighted by Gasteiger charge is 2.30. The Bertz CT molecular complexity index is 1140. The minimum atomic E-state index is -4.71. The molecule has 0 unspecified atom stereocenters. The van der Waals surface area contributed by atoms with Crippen LogP contribution in [-0.4, -0.2) is 62.6 Å². The Morgan fingerprint density at radius 1 is 1.36 bits per heavy atom. The largest absolute Gasteiger partial charge is 0.483 e. The highest BCUT2D eigenvalue weighted by molar-refractivity contribution is 6.34. The van der Waals surface area contributed by atoms with E-state index in [9.17, 15) is 22.8 Å². The van der Waals surface area contributed by atoms with Crippen LogP contribution in [0.2, 0.25) is 5.02 Å². The number of carbonyl (C=O) groups is 2. The Morgan fingerprint density at radius 2 is 2.11 bits per heavy atom. The second-order valence-electron chi connectivity index (χ2n) is 7.83. The van der Waals surface area contributed by atoms with Gasteiger partial charge in [-0.05, 0) is 31.0 Å². The Labute approximate surface area is 209 Å². The van der Waals surface area contributed by atoms with Gasteiger partial charge in [0.25, 0.3) is 5.91 Å². The number of rotatable bonds is 7. The Balaban J connectivity index is 1.99. The van der Waals surface area contributed by atoms with E-state index >= 15 is 4.39 Å². The van der Waals surface area contributed by atoms with E-state index in [-0.39, 0.29) is 28.8 Å². The lowest BCUT2D eigenvalue weighted by Gasteiger charge is -2.22. The molecule has 1 fully saturated rings. The van der Waals surface area contributed by atoms with Gasteiger partial charge in [0.05, 0.1) is 22.0 Å². The number of benzene rings is 2. The van der Waals surface area contributed by atoms with Crippen molar-refractivity contribution in [1.29, 1.82) is 0 Å². The van der Waals surface area contributed by atoms with Gasteiger partial charge in [-0.25, -0.2) is 4.39 Å². The van der Waals surface area contributed by atoms with E-state index in [1.807, 2.05) is 0 Å². The minimum Gasteiger partial charge on any atom is -0.483 e. The SMILES string of the molecule is Cc1cccc(Cl)c1NC(=O)c1cc(F)c(N(C)/N=C2/COCCCN2C=O)cc1OCC(F)(F)F. The molecule has 0 radical (unpaired) electrons. The summed E-state index contributed by atoms with van der Waals surface area (Å²) in [6.45, 7) is 0.652. The third-order valence-corrected chi connectivity index (χ3v) is 5.45. The van der Waals surface area contributed by atoms with Gasteiger partial charge in [-0.1, -0.05) is 23.7 Å². The lowest BCUT2D eigenvalue weighted by molar-refractivity contribution is -0.153. The summed E-state index contributed by atoms with van der Waals surface area (Å²) in [5.74, 6) is -2.23. The molecule has 1 N–H and O–H groups in total. The molecule has 2 aromatic carbocycles. The van der Waals surface area contributed by atoms with E-state index in [2.05, 4.69) is 10.4 Å². The van der Waals surface area contributed by atoms with Crippen LogP contribution >= 0.6 is 11.6 Å². The fraction of sp³-hybridized carbons (Fsp3) is 0.348. The molecule has 0 aliphatic carbocycles. The number of halogens is 5. The van der Waals surface area contributed by atoms with Gasteiger partial charge in [0, 0.05) is 26.3 Å². The molecule has 0 spiro atoms. The maximum absolute atomic E-state index is 15.1. The monoisotopic (exact) mass is 530 g/mol. The van der Waals surface area contributed by atoms with Gasteiger partial charge in [0.15, 0.2) is 12.4 Å². The molecule has 1 saturated heterocycles. The third-order valence-electron chi connectivity index (χ3n) is 5.14. The van der Waals surface area contributed by atoms with Crippen molar-refractivity contribution in [2.45, 2.75) is 19.5 Å². The maximum Gasteiger partial charge on any atom is 0.422 e. The highest BCUT2D eigenvalue weighted by Crippen LogP contribution is 2.32. The van der Waals surface area contributed by atoms with Crippen molar-refractivity contribution in [2.24, 2.45) is 5.10 Å². The number of amides is 2. The first-order chi connectivity index (χ1) is 17.0. The molecule has 0 aromatic heterocycles. The van der Waals surface area contributed by atoms with Crippen LogP contribution in [0.4, 0.5) is 28.9 Å². The summed E-state index contributed by atoms with van der Waals surface area (Å²) in [4.78, 5) is 25.6. The van der Waals surface area contributed by atoms with Crippen molar-refractivity contribution in [3.8, 4) is 5.75 Å². The van der Waals surface area contributed by atoms with Gasteiger partial charge < -0.3 is 14.8 Å². The molecular weight excluding hydrogens is 508 g/mol. The molecule has 1 aliphatic rings. The average molecular weight is 531 g/mol. The maximum atomic E-state index is 15.1. The summed E-state index contributed by atoms with van der Waals surface area (Å²) in [6.07, 6.45) is -3.59. The molecule has 1 aliphatic heterocycles. The van der Waals surface area contributed by atoms with Gasteiger partial charge in [0.1, 0.15) is 18.2 Å². The molecule has 2 aromatic rings. The first-order valence-corrected chi connectivity index (χ1v) is 11.1. The zero-order valence-corrected chi connectivity index (χ0v) is 20.1. The second-order valence-corrected chi connectivity index (χ2v) is 8.24. The van der Waals surface area contributed by atoms with E-state index in [1.54, 1.807) is 19.1 Å². The summed E-state index contributed by atoms with van der Waals surface area (Å²) in [5, 5.41) is 7.89. The molecule has 0 atom stereocenters. The van der Waals surface area contributed by atoms with E-state index in [1.165, 1.54) is 18.0 Å². The molecule has 0 saturated carbocycles. The number of aryl methyl sites for hydroxylation is 1. The molecule has 1 heterocycles. The van der Waals surface area contributed by atoms with Crippen LogP contribution < -0.4 is 15.1 Å². The standard InChI is InChI=1S/C23H23ClF4N4O4/c1-14-5-3-6-16(24)21(14)29-22(34)15-9-17(25)18(10-19(15)36-12-23(26,27)28)31(2)30-20-11-35-8-4-7-32(20)13-33/h3,5-6,9-10,13H,4,7-8,11-12H2,1-2H3,(H,29,34)/b30-20-. The fourth-order valence-corrected chi connectivity index (χ4v) is 3.63. The van der Waals surface area contributed by atoms with Crippen molar-refractivity contribution < 1.29 is 36.6 Å². The Kier molecular flexibility index (Phi) is 8.75. The van der Waals surface area contributed by atoms with Crippen LogP contribution in [0.15, 0.2) is 35.4 Å². The zero-order chi connectivity index (χ0) is 26.5. The lowest BCUT2D eigenvalue weighted by atomic mass is 10.1. The Morgan fingerprint density at radius 3 is 2.78 bits per heavy atom. The topological polar surface area (TPSA) is 83.5 Å². The molecule has 2 amide bonds. The van der Waals surface area contributed by atoms with Gasteiger partial charge in [0.2, 0.25) is 6.41 Å². The number of amidine groups is 1. The number of ether oxygens (including phenoxy) is 2. The quantitative estimate of drug-likeness (QED) is 0.321. The molecule has 13 heteroatoms. The van der Waals surface area contributed by atoms with Crippen LogP contribution in [0.1, 0.15) is 22.3 Å². The van der Waals surface area contributed by atoms with E-state index in [0.717, 1.165) is 17.1 Å². The number of hydrazone groups is 1. The number of carbonyl (C=O) groups excluding carboxylic acids is 2. The van der Waals surface area contributed by atoms with Crippen molar-refractivity contribution >= 4 is 41.1 Å². The van der Waals surface area contributed by atoms with Crippen molar-refractivity contribution in [1.82, 2.24) is 4.90 Å². The number of alkyl halides is 3. The van der Waals surface area contributed by atoms with Gasteiger partial charge >= 0.3 is 6.18 Å². The highest BCUT2D eigenvalue weighted by atomic mass is 35.5. The predicted octanol–water partition coefficient (Wildman–Crippen LogP) is 4.61. The number of nitrogens with one attached hydrogen (secondary N) is 1. The van der Waals surface area contributed by atoms with Gasteiger partial charge in [-0.3, -0.25) is 19.5 Å². The summed E-state index contributed by atoms with van der Waals surface area (Å²) in [7, 11) is 1.33. The van der Waals surface area contributed by atoms with Gasteiger partial charge in [-0.2, -0.15) is 18.3 Å². The number of hydrogen-bond acceptors (Lipinski definition) is 6. The number of hydrogen-bond donors (Lipinski definition) is 1. The van der Waals surface area contributed by atoms with E-state index in [0.29, 0.717) is 31.5 Å². The molecule has 194 valence electrons. The molecule has 36 heavy (non-hydrogen) atoms. The summed E-state index contributed by atoms with van der Waals surface area (Å²) < 4.78 is 64.0. The molecule has 3 rings (SSSR count). The molecular formula is C23H23ClF4N4O4. The number of nitrogens with zero attached hydrogens (tertiary/aromatic N) is 3. The summed E-state index contributed by atoms with van der Waals surface area (Å²) in [6, 6.07) is 6.52. The number of anilines is 2. The van der Waals surface area contributed by atoms with Gasteiger partial charge in [-0.15, -0.1) is 0 Å². The summed E-state index contributed by atoms with van der Waals surface area (Å²) >= 11 is 6.12. The smallest absolute Gasteiger partial charge is 0.422 e. The third kappa shape index (κ3) is 6.85. The zero-order valence-electron chi connectivity index (χ0n) is 19.4. The normalized spacial score (nSPS) is 15.4. The van der Waals surface area contributed by atoms with E-state index in [4.69, 9.17) is 21.1 Å².